The molecule has 270 valence electrons. The Labute approximate surface area is 343 Å². The Morgan fingerprint density at radius 3 is 1.78 bits per heavy atom. The second kappa shape index (κ2) is 13.0. The van der Waals surface area contributed by atoms with Crippen molar-refractivity contribution in [1.82, 2.24) is 9.13 Å². The van der Waals surface area contributed by atoms with E-state index >= 15 is 0 Å². The largest absolute Gasteiger partial charge is 0.456 e. The molecule has 0 saturated heterocycles. The van der Waals surface area contributed by atoms with Crippen molar-refractivity contribution in [3.63, 3.8) is 0 Å². The molecule has 0 bridgehead atoms. The number of para-hydroxylation sites is 2. The number of nitrogens with zero attached hydrogens (tertiary/aromatic N) is 2. The van der Waals surface area contributed by atoms with E-state index in [1.807, 2.05) is 18.2 Å². The number of rotatable bonds is 5. The standard InChI is InChI=1S/C54H32B2N2O/c55-45-32-49-53(42-25-22-36(34-14-5-2-6-15-34)30-48(42)58(49)38-17-11-16-35(28-38)33-12-3-1-4-13-33)54(56)52(45)37-23-26-47-43(29-37)40-18-7-9-20-46(40)57(47)39-24-27-51-44(31-39)41-19-8-10-21-50(41)59-51/h1-32H. The summed E-state index contributed by atoms with van der Waals surface area (Å²) < 4.78 is 10.8. The Morgan fingerprint density at radius 2 is 0.966 bits per heavy atom. The second-order valence-corrected chi connectivity index (χ2v) is 15.4. The van der Waals surface area contributed by atoms with Crippen LogP contribution in [-0.2, 0) is 0 Å². The topological polar surface area (TPSA) is 23.0 Å². The molecule has 0 spiro atoms. The summed E-state index contributed by atoms with van der Waals surface area (Å²) in [6, 6.07) is 68.4. The van der Waals surface area contributed by atoms with E-state index in [0.29, 0.717) is 10.9 Å². The van der Waals surface area contributed by atoms with E-state index in [1.165, 1.54) is 0 Å². The summed E-state index contributed by atoms with van der Waals surface area (Å²) in [5, 5.41) is 6.54. The molecule has 59 heavy (non-hydrogen) atoms. The number of furan rings is 1. The molecule has 9 aromatic carbocycles. The monoisotopic (exact) mass is 746 g/mol. The molecular weight excluding hydrogens is 714 g/mol. The van der Waals surface area contributed by atoms with Crippen molar-refractivity contribution in [1.29, 1.82) is 0 Å². The Hall–Kier alpha value is -7.49. The van der Waals surface area contributed by atoms with E-state index in [2.05, 4.69) is 185 Å². The lowest BCUT2D eigenvalue weighted by molar-refractivity contribution is 0.669. The van der Waals surface area contributed by atoms with Crippen LogP contribution in [0.2, 0.25) is 0 Å². The Bertz CT molecular complexity index is 3630. The van der Waals surface area contributed by atoms with Crippen molar-refractivity contribution in [3.8, 4) is 44.8 Å². The van der Waals surface area contributed by atoms with Gasteiger partial charge in [-0.05, 0) is 100 Å². The Morgan fingerprint density at radius 1 is 0.339 bits per heavy atom. The van der Waals surface area contributed by atoms with E-state index in [-0.39, 0.29) is 0 Å². The third kappa shape index (κ3) is 5.18. The highest BCUT2D eigenvalue weighted by atomic mass is 16.3. The predicted molar refractivity (Wildman–Crippen MR) is 249 cm³/mol. The molecule has 3 aromatic heterocycles. The molecule has 5 heteroatoms. The molecule has 0 unspecified atom stereocenters. The first-order valence-electron chi connectivity index (χ1n) is 19.9. The molecule has 12 rings (SSSR count). The van der Waals surface area contributed by atoms with Gasteiger partial charge >= 0.3 is 0 Å². The number of benzene rings is 9. The van der Waals surface area contributed by atoms with Gasteiger partial charge in [-0.1, -0.05) is 138 Å². The third-order valence-corrected chi connectivity index (χ3v) is 12.0. The Kier molecular flexibility index (Phi) is 7.42. The van der Waals surface area contributed by atoms with Crippen molar-refractivity contribution in [2.45, 2.75) is 0 Å². The van der Waals surface area contributed by atoms with Gasteiger partial charge in [0.15, 0.2) is 0 Å². The highest BCUT2D eigenvalue weighted by Crippen LogP contribution is 2.39. The number of fused-ring (bicyclic) bond motifs is 9. The van der Waals surface area contributed by atoms with Crippen molar-refractivity contribution in [3.05, 3.63) is 194 Å². The molecule has 4 radical (unpaired) electrons. The van der Waals surface area contributed by atoms with E-state index in [4.69, 9.17) is 20.1 Å². The van der Waals surface area contributed by atoms with Gasteiger partial charge in [-0.25, -0.2) is 0 Å². The van der Waals surface area contributed by atoms with Crippen LogP contribution in [0.1, 0.15) is 0 Å². The summed E-state index contributed by atoms with van der Waals surface area (Å²) >= 11 is 0. The minimum Gasteiger partial charge on any atom is -0.456 e. The maximum atomic E-state index is 7.41. The summed E-state index contributed by atoms with van der Waals surface area (Å²) in [7, 11) is 14.6. The molecule has 0 N–H and O–H groups in total. The summed E-state index contributed by atoms with van der Waals surface area (Å²) in [6.45, 7) is 0. The van der Waals surface area contributed by atoms with Gasteiger partial charge in [0.1, 0.15) is 26.9 Å². The van der Waals surface area contributed by atoms with Crippen LogP contribution in [0.15, 0.2) is 199 Å². The highest BCUT2D eigenvalue weighted by Gasteiger charge is 2.21. The summed E-state index contributed by atoms with van der Waals surface area (Å²) in [5.41, 5.74) is 15.8. The average Bonchev–Trinajstić information content (AvgIpc) is 3.94. The van der Waals surface area contributed by atoms with Crippen molar-refractivity contribution in [2.24, 2.45) is 0 Å². The second-order valence-electron chi connectivity index (χ2n) is 15.4. The van der Waals surface area contributed by atoms with Gasteiger partial charge in [-0.2, -0.15) is 0 Å². The van der Waals surface area contributed by atoms with E-state index in [1.54, 1.807) is 0 Å². The first-order valence-corrected chi connectivity index (χ1v) is 19.9. The van der Waals surface area contributed by atoms with Crippen molar-refractivity contribution >= 4 is 92.2 Å². The Balaban J connectivity index is 1.08. The average molecular weight is 746 g/mol. The van der Waals surface area contributed by atoms with E-state index in [9.17, 15) is 0 Å². The zero-order valence-corrected chi connectivity index (χ0v) is 31.9. The lowest BCUT2D eigenvalue weighted by Gasteiger charge is -2.16. The van der Waals surface area contributed by atoms with Crippen LogP contribution in [0, 0.1) is 0 Å². The van der Waals surface area contributed by atoms with Crippen LogP contribution in [0.4, 0.5) is 0 Å². The number of hydrogen-bond donors (Lipinski definition) is 0. The maximum absolute atomic E-state index is 7.41. The third-order valence-electron chi connectivity index (χ3n) is 12.0. The summed E-state index contributed by atoms with van der Waals surface area (Å²) in [4.78, 5) is 0. The summed E-state index contributed by atoms with van der Waals surface area (Å²) in [5.74, 6) is 0. The molecule has 0 amide bonds. The fourth-order valence-corrected chi connectivity index (χ4v) is 9.35. The number of aromatic nitrogens is 2. The first kappa shape index (κ1) is 33.6. The van der Waals surface area contributed by atoms with E-state index in [0.717, 1.165) is 110 Å². The lowest BCUT2D eigenvalue weighted by Crippen LogP contribution is -2.20. The van der Waals surface area contributed by atoms with Crippen LogP contribution < -0.4 is 10.9 Å². The lowest BCUT2D eigenvalue weighted by atomic mass is 9.75. The molecule has 0 aliphatic heterocycles. The predicted octanol–water partition coefficient (Wildman–Crippen LogP) is 12.4. The van der Waals surface area contributed by atoms with Crippen LogP contribution in [0.25, 0.3) is 110 Å². The normalized spacial score (nSPS) is 11.9. The molecular formula is C54H32B2N2O. The minimum atomic E-state index is 0.627. The molecule has 0 fully saturated rings. The maximum Gasteiger partial charge on any atom is 0.135 e. The fraction of sp³-hybridized carbons (Fsp3) is 0. The van der Waals surface area contributed by atoms with Gasteiger partial charge in [-0.3, -0.25) is 0 Å². The number of hydrogen-bond acceptors (Lipinski definition) is 1. The summed E-state index contributed by atoms with van der Waals surface area (Å²) in [6.07, 6.45) is 0. The van der Waals surface area contributed by atoms with Gasteiger partial charge in [0.25, 0.3) is 0 Å². The van der Waals surface area contributed by atoms with Gasteiger partial charge in [0.2, 0.25) is 0 Å². The van der Waals surface area contributed by atoms with Crippen molar-refractivity contribution < 1.29 is 4.42 Å². The SMILES string of the molecule is [B]c1cc2c(c([B])c1-c1ccc3c(c1)c1ccccc1n3-c1ccc3oc4ccccc4c3c1)c1ccc(-c3ccccc3)cc1n2-c1cccc(-c2ccccc2)c1. The van der Waals surface area contributed by atoms with Crippen LogP contribution >= 0.6 is 0 Å². The van der Waals surface area contributed by atoms with Gasteiger partial charge in [0.05, 0.1) is 22.1 Å². The van der Waals surface area contributed by atoms with Crippen LogP contribution in [0.5, 0.6) is 0 Å². The molecule has 0 aliphatic carbocycles. The van der Waals surface area contributed by atoms with Gasteiger partial charge in [0, 0.05) is 43.7 Å². The molecule has 0 saturated carbocycles. The van der Waals surface area contributed by atoms with Crippen LogP contribution in [-0.4, -0.2) is 24.8 Å². The van der Waals surface area contributed by atoms with Gasteiger partial charge in [-0.15, -0.1) is 0 Å². The molecule has 0 aliphatic rings. The first-order chi connectivity index (χ1) is 29.1. The van der Waals surface area contributed by atoms with E-state index < -0.39 is 0 Å². The molecule has 12 aromatic rings. The molecule has 3 heterocycles. The highest BCUT2D eigenvalue weighted by molar-refractivity contribution is 6.50. The molecule has 0 atom stereocenters. The zero-order valence-electron chi connectivity index (χ0n) is 31.9. The smallest absolute Gasteiger partial charge is 0.135 e. The quantitative estimate of drug-likeness (QED) is 0.161. The zero-order chi connectivity index (χ0) is 39.2. The fourth-order valence-electron chi connectivity index (χ4n) is 9.35. The minimum absolute atomic E-state index is 0.627. The van der Waals surface area contributed by atoms with Crippen molar-refractivity contribution in [2.75, 3.05) is 0 Å². The van der Waals surface area contributed by atoms with Crippen LogP contribution in [0.3, 0.4) is 0 Å². The molecule has 3 nitrogen and oxygen atoms in total. The van der Waals surface area contributed by atoms with Gasteiger partial charge < -0.3 is 13.6 Å².